The molecule has 0 aromatic carbocycles. The zero-order valence-electron chi connectivity index (χ0n) is 87.0. The molecule has 1 fully saturated rings. The van der Waals surface area contributed by atoms with Gasteiger partial charge in [-0.25, -0.2) is 0 Å². The van der Waals surface area contributed by atoms with Crippen LogP contribution in [0.4, 0.5) is 119 Å². The molecule has 1 aliphatic rings. The molecule has 0 N–H and O–H groups in total. The van der Waals surface area contributed by atoms with Crippen molar-refractivity contribution in [3.8, 4) is 0 Å². The average molecular weight is 1850 g/mol. The molecule has 123 heavy (non-hydrogen) atoms. The molecule has 0 aromatic heterocycles. The average Bonchev–Trinajstić information content (AvgIpc) is 0.749. The van der Waals surface area contributed by atoms with Gasteiger partial charge in [0.15, 0.2) is 0 Å². The van der Waals surface area contributed by atoms with Crippen molar-refractivity contribution < 1.29 is 119 Å². The Kier molecular flexibility index (Phi) is 58.5. The maximum absolute atomic E-state index is 12.9. The number of hydrogen-bond donors (Lipinski definition) is 0. The summed E-state index contributed by atoms with van der Waals surface area (Å²) >= 11 is 0. The molecule has 1 saturated carbocycles. The van der Waals surface area contributed by atoms with Crippen LogP contribution in [0.1, 0.15) is 399 Å². The first-order chi connectivity index (χ1) is 52.2. The van der Waals surface area contributed by atoms with Crippen molar-refractivity contribution in [1.82, 2.24) is 0 Å². The molecular weight excluding hydrogens is 1670 g/mol. The Morgan fingerprint density at radius 1 is 0.260 bits per heavy atom. The van der Waals surface area contributed by atoms with E-state index in [1.807, 2.05) is 90.0 Å². The van der Waals surface area contributed by atoms with Crippen LogP contribution in [0.25, 0.3) is 0 Å². The minimum Gasteiger partial charge on any atom is -0.171 e. The van der Waals surface area contributed by atoms with Gasteiger partial charge in [-0.15, -0.1) is 0 Å². The maximum Gasteiger partial charge on any atom is 0.394 e. The molecule has 0 spiro atoms. The molecule has 11 atom stereocenters. The maximum atomic E-state index is 12.9. The third kappa shape index (κ3) is 51.1. The molecule has 0 saturated heterocycles. The molecule has 758 valence electrons. The van der Waals surface area contributed by atoms with Gasteiger partial charge in [0, 0.05) is 0 Å². The molecule has 0 nitrogen and oxygen atoms in total. The first-order valence-corrected chi connectivity index (χ1v) is 43.8. The summed E-state index contributed by atoms with van der Waals surface area (Å²) in [6.45, 7) is 93.5. The van der Waals surface area contributed by atoms with E-state index in [0.717, 1.165) is 30.6 Å². The SMILES string of the molecule is CC(C)(C)C(C)(C)C(C)(C)C(F)(F)F.CC(C)(C)C(C)(C)C(F)(F)F.CC(C)(C)C(C)(C)C(F)(F)F.CC(C)C(C)(C)C(C)(C)C.CC(C)C(C)(C)C(C)C(F)(F)F.CC(C)[C@@H](C)C(C)(C)C.CC(C)[C@@H](C)C(C)C(F)(F)F.CC(C)[C@@H](C)C(C)C(F)(F)F.CCC(C)[C@@H](C)C(F)(F)F.C[C@@H]1CCCC(C(F)(F)F)C1.C[C@H](C(C)(C)C)C(C)(C)C(F)(F)F. The quantitative estimate of drug-likeness (QED) is 0.171. The van der Waals surface area contributed by atoms with Crippen molar-refractivity contribution >= 4 is 0 Å². The Hall–Kier alpha value is -1.89. The van der Waals surface area contributed by atoms with Crippen LogP contribution in [0.2, 0.25) is 0 Å². The first-order valence-electron chi connectivity index (χ1n) is 43.8. The van der Waals surface area contributed by atoms with Crippen LogP contribution in [0.3, 0.4) is 0 Å². The van der Waals surface area contributed by atoms with Crippen molar-refractivity contribution in [2.45, 2.75) is 455 Å². The molecule has 0 radical (unpaired) electrons. The van der Waals surface area contributed by atoms with Gasteiger partial charge in [0.25, 0.3) is 0 Å². The highest BCUT2D eigenvalue weighted by Crippen LogP contribution is 2.59. The highest BCUT2D eigenvalue weighted by Gasteiger charge is 2.61. The Labute approximate surface area is 735 Å². The summed E-state index contributed by atoms with van der Waals surface area (Å²) in [6.07, 6.45) is -33.7. The monoisotopic (exact) mass is 1850 g/mol. The third-order valence-corrected chi connectivity index (χ3v) is 30.4. The zero-order chi connectivity index (χ0) is 104. The zero-order valence-corrected chi connectivity index (χ0v) is 87.0. The van der Waals surface area contributed by atoms with E-state index in [4.69, 9.17) is 0 Å². The van der Waals surface area contributed by atoms with Crippen molar-refractivity contribution in [3.63, 3.8) is 0 Å². The minimum absolute atomic E-state index is 0.0362. The highest BCUT2D eigenvalue weighted by molar-refractivity contribution is 4.98. The number of halogens is 27. The summed E-state index contributed by atoms with van der Waals surface area (Å²) in [5.41, 5.74) is -8.90. The normalized spacial score (nSPS) is 18.2. The Morgan fingerprint density at radius 3 is 0.602 bits per heavy atom. The first kappa shape index (κ1) is 142. The minimum atomic E-state index is -4.16. The predicted molar refractivity (Wildman–Crippen MR) is 466 cm³/mol. The summed E-state index contributed by atoms with van der Waals surface area (Å²) in [6, 6.07) is 0. The fourth-order valence-electron chi connectivity index (χ4n) is 10.4. The van der Waals surface area contributed by atoms with Crippen LogP contribution in [-0.2, 0) is 0 Å². The molecular formula is C96H185F27. The molecule has 27 heteroatoms. The van der Waals surface area contributed by atoms with E-state index in [1.54, 1.807) is 104 Å². The second-order valence-electron chi connectivity index (χ2n) is 46.9. The van der Waals surface area contributed by atoms with Gasteiger partial charge in [-0.05, 0) is 127 Å². The van der Waals surface area contributed by atoms with Gasteiger partial charge in [0.1, 0.15) is 0 Å². The second kappa shape index (κ2) is 50.8. The number of hydrogen-bond acceptors (Lipinski definition) is 0. The smallest absolute Gasteiger partial charge is 0.171 e. The van der Waals surface area contributed by atoms with Gasteiger partial charge in [0.2, 0.25) is 0 Å². The lowest BCUT2D eigenvalue weighted by Gasteiger charge is -2.51. The molecule has 1 rings (SSSR count). The summed E-state index contributed by atoms with van der Waals surface area (Å²) in [5, 5.41) is 0. The number of rotatable bonds is 12. The van der Waals surface area contributed by atoms with E-state index < -0.39 is 134 Å². The lowest BCUT2D eigenvalue weighted by atomic mass is 9.55. The van der Waals surface area contributed by atoms with Gasteiger partial charge >= 0.3 is 55.6 Å². The molecule has 1 aliphatic carbocycles. The Balaban J connectivity index is -0.000000143. The van der Waals surface area contributed by atoms with E-state index >= 15 is 0 Å². The fraction of sp³-hybridized carbons (Fsp3) is 1.00. The second-order valence-corrected chi connectivity index (χ2v) is 46.9. The van der Waals surface area contributed by atoms with Crippen molar-refractivity contribution in [1.29, 1.82) is 0 Å². The summed E-state index contributed by atoms with van der Waals surface area (Å²) in [4.78, 5) is 0. The van der Waals surface area contributed by atoms with Crippen LogP contribution in [0.5, 0.6) is 0 Å². The molecule has 0 amide bonds. The van der Waals surface area contributed by atoms with Crippen molar-refractivity contribution in [2.24, 2.45) is 165 Å². The standard InChI is InChI=1S/C11H21F3.C10H19F3.C10H22.C9H17F3.C9H20.C8H13F3.4C8H15F3.C7H13F3/c1-8(2,3)9(4,5)10(6,7)11(12,13)14;1-7(8(2,3)4)9(5,6)10(11,12)13;1-8(2)10(6,7)9(3,4)5;1-6(2)8(4,5)7(3)9(10,11)12;1-7(2)8(3)9(4,5)6;1-6-3-2-4-7(5-6)8(9,10)11;2*1-6(2,3)7(4,5)8(9,10)11;2*1-5(2)6(3)7(4)8(9,10)11;1-4-5(2)6(3)7(8,9)10/h1-7H3;7H,1-6H3;8H,1-7H3;6-7H,1-5H3;7-8H,1-6H3;6-7H,2-5H2,1H3;2*1-5H3;2*5-7H,1-4H3;5-6H,4H2,1-3H3/t;7-;;;8-;6-,7?;;;2*6-,7?;5?,6-/m.1..11..111/s1. The highest BCUT2D eigenvalue weighted by atomic mass is 19.4. The summed E-state index contributed by atoms with van der Waals surface area (Å²) in [7, 11) is 0. The lowest BCUT2D eigenvalue weighted by Crippen LogP contribution is -2.51. The lowest BCUT2D eigenvalue weighted by molar-refractivity contribution is -0.263. The molecule has 0 aliphatic heterocycles. The molecule has 0 bridgehead atoms. The summed E-state index contributed by atoms with van der Waals surface area (Å²) in [5.74, 6) is -4.22. The van der Waals surface area contributed by atoms with Crippen LogP contribution < -0.4 is 0 Å². The predicted octanol–water partition coefficient (Wildman–Crippen LogP) is 40.6. The molecule has 5 unspecified atom stereocenters. The van der Waals surface area contributed by atoms with Crippen LogP contribution in [0, 0.1) is 165 Å². The van der Waals surface area contributed by atoms with Gasteiger partial charge in [0.05, 0.1) is 51.2 Å². The molecule has 0 aromatic rings. The van der Waals surface area contributed by atoms with Gasteiger partial charge in [-0.2, -0.15) is 119 Å². The van der Waals surface area contributed by atoms with E-state index in [9.17, 15) is 119 Å². The molecule has 0 heterocycles. The van der Waals surface area contributed by atoms with E-state index in [2.05, 4.69) is 90.0 Å². The van der Waals surface area contributed by atoms with E-state index in [-0.39, 0.29) is 52.3 Å². The Bertz CT molecular complexity index is 2560. The van der Waals surface area contributed by atoms with Gasteiger partial charge in [-0.3, -0.25) is 0 Å². The van der Waals surface area contributed by atoms with E-state index in [1.165, 1.54) is 83.1 Å². The summed E-state index contributed by atoms with van der Waals surface area (Å²) < 4.78 is 332. The van der Waals surface area contributed by atoms with Gasteiger partial charge in [-0.1, -0.05) is 386 Å². The van der Waals surface area contributed by atoms with Crippen molar-refractivity contribution in [3.05, 3.63) is 0 Å². The van der Waals surface area contributed by atoms with Crippen molar-refractivity contribution in [2.75, 3.05) is 0 Å². The van der Waals surface area contributed by atoms with Crippen LogP contribution in [0.15, 0.2) is 0 Å². The van der Waals surface area contributed by atoms with Crippen LogP contribution >= 0.6 is 0 Å². The van der Waals surface area contributed by atoms with E-state index in [0.29, 0.717) is 35.5 Å². The van der Waals surface area contributed by atoms with Gasteiger partial charge < -0.3 is 0 Å². The fourth-order valence-corrected chi connectivity index (χ4v) is 10.4. The van der Waals surface area contributed by atoms with Crippen LogP contribution in [-0.4, -0.2) is 55.6 Å². The number of alkyl halides is 27. The topological polar surface area (TPSA) is 0 Å². The Morgan fingerprint density at radius 2 is 0.528 bits per heavy atom. The largest absolute Gasteiger partial charge is 0.394 e. The third-order valence-electron chi connectivity index (χ3n) is 30.4.